The van der Waals surface area contributed by atoms with Crippen molar-refractivity contribution < 1.29 is 98.0 Å². The van der Waals surface area contributed by atoms with Crippen LogP contribution in [0.15, 0.2) is 0 Å². The van der Waals surface area contributed by atoms with Gasteiger partial charge >= 0.3 is 42.0 Å². The zero-order valence-electron chi connectivity index (χ0n) is 17.0. The topological polar surface area (TPSA) is 36.9 Å². The summed E-state index contributed by atoms with van der Waals surface area (Å²) in [5, 5.41) is 0. The largest absolute Gasteiger partial charge is 0.428 e. The summed E-state index contributed by atoms with van der Waals surface area (Å²) in [4.78, 5) is 0. The maximum Gasteiger partial charge on any atom is 0.428 e. The molecule has 0 bridgehead atoms. The summed E-state index contributed by atoms with van der Waals surface area (Å²) in [6.45, 7) is -6.05. The molecule has 218 valence electrons. The van der Waals surface area contributed by atoms with E-state index < -0.39 is 80.8 Å². The number of ether oxygens (including phenoxy) is 4. The maximum absolute atomic E-state index is 13.4. The normalized spacial score (nSPS) is 17.3. The minimum absolute atomic E-state index is 0.416. The summed E-state index contributed by atoms with van der Waals surface area (Å²) >= 11 is 0. The molecule has 36 heavy (non-hydrogen) atoms. The van der Waals surface area contributed by atoms with Crippen molar-refractivity contribution in [2.45, 2.75) is 67.6 Å². The average molecular weight is 586 g/mol. The second-order valence-electron chi connectivity index (χ2n) is 6.70. The SMILES string of the molecule is COCC(F)(F)C(F)(F)COC(F)(F)C(F)OC(F)(F)C(F)(F)C(F)(F)C(F)(F)OC(F)C(C)(F)F. The molecule has 0 fully saturated rings. The number of alkyl halides is 18. The molecule has 0 heterocycles. The fourth-order valence-electron chi connectivity index (χ4n) is 1.59. The zero-order valence-corrected chi connectivity index (χ0v) is 17.0. The van der Waals surface area contributed by atoms with E-state index in [9.17, 15) is 79.0 Å². The van der Waals surface area contributed by atoms with Crippen molar-refractivity contribution in [1.82, 2.24) is 0 Å². The van der Waals surface area contributed by atoms with Gasteiger partial charge in [0, 0.05) is 14.0 Å². The van der Waals surface area contributed by atoms with Gasteiger partial charge in [-0.05, 0) is 0 Å². The van der Waals surface area contributed by atoms with Gasteiger partial charge in [-0.2, -0.15) is 61.5 Å². The van der Waals surface area contributed by atoms with E-state index in [4.69, 9.17) is 0 Å². The van der Waals surface area contributed by atoms with Crippen LogP contribution in [0.2, 0.25) is 0 Å². The third-order valence-electron chi connectivity index (χ3n) is 3.60. The molecular weight excluding hydrogens is 574 g/mol. The van der Waals surface area contributed by atoms with Crippen molar-refractivity contribution in [3.8, 4) is 0 Å². The van der Waals surface area contributed by atoms with Crippen molar-refractivity contribution in [2.75, 3.05) is 20.3 Å². The van der Waals surface area contributed by atoms with Gasteiger partial charge in [0.15, 0.2) is 0 Å². The first-order valence-corrected chi connectivity index (χ1v) is 8.31. The van der Waals surface area contributed by atoms with Crippen LogP contribution in [0, 0.1) is 0 Å². The first-order valence-electron chi connectivity index (χ1n) is 8.31. The van der Waals surface area contributed by atoms with Crippen molar-refractivity contribution in [3.63, 3.8) is 0 Å². The monoisotopic (exact) mass is 586 g/mol. The molecule has 0 N–H and O–H groups in total. The average Bonchev–Trinajstić information content (AvgIpc) is 2.64. The second-order valence-corrected chi connectivity index (χ2v) is 6.70. The fraction of sp³-hybridized carbons (Fsp3) is 1.00. The predicted octanol–water partition coefficient (Wildman–Crippen LogP) is 6.25. The van der Waals surface area contributed by atoms with E-state index in [-0.39, 0.29) is 0 Å². The Morgan fingerprint density at radius 2 is 0.889 bits per heavy atom. The first kappa shape index (κ1) is 34.6. The van der Waals surface area contributed by atoms with Crippen molar-refractivity contribution in [2.24, 2.45) is 0 Å². The standard InChI is InChI=1S/C14H12F18O4/c1-7(17,18)5(15)35-13(29,30)11(25,26)12(27,28)14(31,32)36-6(16)10(23,24)34-4-9(21,22)8(19,20)3-33-2/h5-6H,3-4H2,1-2H3. The highest BCUT2D eigenvalue weighted by Crippen LogP contribution is 2.55. The molecule has 0 aromatic heterocycles. The fourth-order valence-corrected chi connectivity index (χ4v) is 1.59. The molecule has 22 heteroatoms. The van der Waals surface area contributed by atoms with Crippen LogP contribution in [0.4, 0.5) is 79.0 Å². The number of halogens is 18. The Bertz CT molecular complexity index is 721. The van der Waals surface area contributed by atoms with E-state index >= 15 is 0 Å². The van der Waals surface area contributed by atoms with Crippen molar-refractivity contribution >= 4 is 0 Å². The highest BCUT2D eigenvalue weighted by molar-refractivity contribution is 4.98. The van der Waals surface area contributed by atoms with E-state index in [1.807, 2.05) is 9.47 Å². The predicted molar refractivity (Wildman–Crippen MR) is 75.0 cm³/mol. The van der Waals surface area contributed by atoms with E-state index in [0.717, 1.165) is 0 Å². The lowest BCUT2D eigenvalue weighted by Gasteiger charge is -2.37. The van der Waals surface area contributed by atoms with Crippen LogP contribution >= 0.6 is 0 Å². The van der Waals surface area contributed by atoms with Gasteiger partial charge in [-0.1, -0.05) is 0 Å². The number of hydrogen-bond donors (Lipinski definition) is 0. The number of rotatable bonds is 15. The second kappa shape index (κ2) is 10.4. The smallest absolute Gasteiger partial charge is 0.378 e. The van der Waals surface area contributed by atoms with Gasteiger partial charge in [-0.15, -0.1) is 0 Å². The quantitative estimate of drug-likeness (QED) is 0.213. The highest BCUT2D eigenvalue weighted by Gasteiger charge is 2.84. The van der Waals surface area contributed by atoms with Gasteiger partial charge in [0.1, 0.15) is 13.2 Å². The van der Waals surface area contributed by atoms with Gasteiger partial charge < -0.3 is 9.47 Å². The summed E-state index contributed by atoms with van der Waals surface area (Å²) in [5.41, 5.74) is 0. The Morgan fingerprint density at radius 3 is 1.22 bits per heavy atom. The van der Waals surface area contributed by atoms with Crippen LogP contribution in [0.3, 0.4) is 0 Å². The van der Waals surface area contributed by atoms with Crippen LogP contribution in [0.25, 0.3) is 0 Å². The van der Waals surface area contributed by atoms with Crippen LogP contribution in [-0.2, 0) is 18.9 Å². The van der Waals surface area contributed by atoms with Gasteiger partial charge in [0.2, 0.25) is 0 Å². The number of hydrogen-bond acceptors (Lipinski definition) is 4. The molecule has 0 rings (SSSR count). The number of methoxy groups -OCH3 is 1. The Hall–Kier alpha value is -1.42. The molecule has 0 spiro atoms. The van der Waals surface area contributed by atoms with Gasteiger partial charge in [0.05, 0.1) is 0 Å². The zero-order chi connectivity index (χ0) is 29.4. The Morgan fingerprint density at radius 1 is 0.556 bits per heavy atom. The molecule has 2 atom stereocenters. The molecule has 4 nitrogen and oxygen atoms in total. The Balaban J connectivity index is 5.78. The lowest BCUT2D eigenvalue weighted by Crippen LogP contribution is -2.65. The minimum Gasteiger partial charge on any atom is -0.378 e. The van der Waals surface area contributed by atoms with Crippen LogP contribution in [-0.4, -0.2) is 81.0 Å². The highest BCUT2D eigenvalue weighted by atomic mass is 19.4. The molecule has 0 aliphatic heterocycles. The molecule has 2 unspecified atom stereocenters. The van der Waals surface area contributed by atoms with Crippen molar-refractivity contribution in [3.05, 3.63) is 0 Å². The molecule has 0 radical (unpaired) electrons. The van der Waals surface area contributed by atoms with E-state index in [1.54, 1.807) is 0 Å². The van der Waals surface area contributed by atoms with Crippen LogP contribution in [0.5, 0.6) is 0 Å². The van der Waals surface area contributed by atoms with Crippen molar-refractivity contribution in [1.29, 1.82) is 0 Å². The van der Waals surface area contributed by atoms with E-state index in [1.165, 1.54) is 0 Å². The molecular formula is C14H12F18O4. The molecule has 0 aliphatic carbocycles. The summed E-state index contributed by atoms with van der Waals surface area (Å²) in [6.07, 6.45) is -31.5. The molecule has 0 aromatic carbocycles. The lowest BCUT2D eigenvalue weighted by molar-refractivity contribution is -0.496. The van der Waals surface area contributed by atoms with Crippen LogP contribution < -0.4 is 0 Å². The first-order chi connectivity index (χ1) is 15.5. The molecule has 0 saturated heterocycles. The molecule has 0 aliphatic rings. The van der Waals surface area contributed by atoms with Gasteiger partial charge in [-0.25, -0.2) is 17.6 Å². The van der Waals surface area contributed by atoms with E-state index in [2.05, 4.69) is 9.47 Å². The summed E-state index contributed by atoms with van der Waals surface area (Å²) in [6, 6.07) is 0. The summed E-state index contributed by atoms with van der Waals surface area (Å²) in [7, 11) is 0.416. The van der Waals surface area contributed by atoms with E-state index in [0.29, 0.717) is 7.11 Å². The third kappa shape index (κ3) is 7.11. The Kier molecular flexibility index (Phi) is 9.98. The summed E-state index contributed by atoms with van der Waals surface area (Å²) < 4.78 is 247. The lowest BCUT2D eigenvalue weighted by atomic mass is 10.1. The van der Waals surface area contributed by atoms with Crippen LogP contribution in [0.1, 0.15) is 6.92 Å². The molecule has 0 aromatic rings. The third-order valence-corrected chi connectivity index (χ3v) is 3.60. The molecule has 0 saturated carbocycles. The maximum atomic E-state index is 13.4. The van der Waals surface area contributed by atoms with Gasteiger partial charge in [-0.3, -0.25) is 9.47 Å². The van der Waals surface area contributed by atoms with Gasteiger partial charge in [0.25, 0.3) is 18.6 Å². The minimum atomic E-state index is -7.89. The Labute approximate surface area is 187 Å². The summed E-state index contributed by atoms with van der Waals surface area (Å²) in [5.74, 6) is -31.8. The molecule has 0 amide bonds.